The van der Waals surface area contributed by atoms with Crippen molar-refractivity contribution in [3.63, 3.8) is 0 Å². The van der Waals surface area contributed by atoms with Gasteiger partial charge >= 0.3 is 0 Å². The molecule has 5 rings (SSSR count). The van der Waals surface area contributed by atoms with E-state index in [-0.39, 0.29) is 0 Å². The molecule has 3 heterocycles. The minimum Gasteiger partial charge on any atom is -0.306 e. The third-order valence-electron chi connectivity index (χ3n) is 6.59. The third-order valence-corrected chi connectivity index (χ3v) is 6.59. The van der Waals surface area contributed by atoms with E-state index in [9.17, 15) is 0 Å². The van der Waals surface area contributed by atoms with Crippen LogP contribution in [-0.2, 0) is 12.8 Å². The number of hydrogen-bond acceptors (Lipinski definition) is 5. The van der Waals surface area contributed by atoms with E-state index < -0.39 is 0 Å². The van der Waals surface area contributed by atoms with Crippen molar-refractivity contribution in [2.45, 2.75) is 64.3 Å². The van der Waals surface area contributed by atoms with Crippen molar-refractivity contribution in [3.05, 3.63) is 23.4 Å². The zero-order chi connectivity index (χ0) is 17.9. The van der Waals surface area contributed by atoms with Gasteiger partial charge in [0, 0.05) is 17.2 Å². The highest BCUT2D eigenvalue weighted by molar-refractivity contribution is 5.57. The molecule has 2 fully saturated rings. The lowest BCUT2D eigenvalue weighted by molar-refractivity contribution is 0.213. The summed E-state index contributed by atoms with van der Waals surface area (Å²) in [7, 11) is 2.20. The molecule has 6 heteroatoms. The number of likely N-dealkylation sites (tertiary alicyclic amines) is 1. The topological polar surface area (TPSA) is 59.7 Å². The van der Waals surface area contributed by atoms with Gasteiger partial charge in [0.25, 0.3) is 0 Å². The van der Waals surface area contributed by atoms with Gasteiger partial charge in [-0.25, -0.2) is 19.6 Å². The fourth-order valence-corrected chi connectivity index (χ4v) is 4.60. The molecule has 1 saturated carbocycles. The highest BCUT2D eigenvalue weighted by atomic mass is 15.4. The van der Waals surface area contributed by atoms with Crippen LogP contribution in [0.5, 0.6) is 0 Å². The molecule has 6 nitrogen and oxygen atoms in total. The Morgan fingerprint density at radius 1 is 1.12 bits per heavy atom. The van der Waals surface area contributed by atoms with Gasteiger partial charge in [0.1, 0.15) is 12.0 Å². The maximum absolute atomic E-state index is 5.06. The van der Waals surface area contributed by atoms with Crippen molar-refractivity contribution in [2.24, 2.45) is 5.41 Å². The van der Waals surface area contributed by atoms with Gasteiger partial charge < -0.3 is 4.90 Å². The first-order chi connectivity index (χ1) is 12.5. The smallest absolute Gasteiger partial charge is 0.177 e. The molecule has 0 radical (unpaired) electrons. The number of aryl methyl sites for hydroxylation is 1. The second kappa shape index (κ2) is 5.84. The standard InChI is InChI=1S/C20H28N6/c1-20(2)11-15(20)18-23-19(17-14-5-4-6-16(14)21-12-22-17)26(24-18)13-7-9-25(3)10-8-13/h12-13,15H,4-11H2,1-3H3. The Kier molecular flexibility index (Phi) is 3.68. The maximum Gasteiger partial charge on any atom is 0.177 e. The first-order valence-corrected chi connectivity index (χ1v) is 10.0. The fraction of sp³-hybridized carbons (Fsp3) is 0.700. The molecule has 0 N–H and O–H groups in total. The van der Waals surface area contributed by atoms with Crippen molar-refractivity contribution in [3.8, 4) is 11.5 Å². The highest BCUT2D eigenvalue weighted by Crippen LogP contribution is 2.57. The highest BCUT2D eigenvalue weighted by Gasteiger charge is 2.49. The number of hydrogen-bond donors (Lipinski definition) is 0. The monoisotopic (exact) mass is 352 g/mol. The van der Waals surface area contributed by atoms with Crippen LogP contribution in [0.4, 0.5) is 0 Å². The van der Waals surface area contributed by atoms with E-state index in [0.717, 1.165) is 56.1 Å². The molecule has 2 aliphatic carbocycles. The van der Waals surface area contributed by atoms with Gasteiger partial charge in [0.05, 0.1) is 6.04 Å². The molecular formula is C20H28N6. The summed E-state index contributed by atoms with van der Waals surface area (Å²) in [6, 6.07) is 0.427. The van der Waals surface area contributed by atoms with E-state index in [4.69, 9.17) is 10.1 Å². The Morgan fingerprint density at radius 3 is 2.62 bits per heavy atom. The number of rotatable bonds is 3. The summed E-state index contributed by atoms with van der Waals surface area (Å²) in [6.07, 6.45) is 8.47. The van der Waals surface area contributed by atoms with Gasteiger partial charge in [-0.1, -0.05) is 13.8 Å². The van der Waals surface area contributed by atoms with Gasteiger partial charge in [-0.3, -0.25) is 0 Å². The van der Waals surface area contributed by atoms with Gasteiger partial charge in [0.15, 0.2) is 11.6 Å². The van der Waals surface area contributed by atoms with Gasteiger partial charge in [-0.15, -0.1) is 0 Å². The molecule has 0 amide bonds. The quantitative estimate of drug-likeness (QED) is 0.850. The second-order valence-corrected chi connectivity index (χ2v) is 9.02. The molecule has 0 bridgehead atoms. The summed E-state index contributed by atoms with van der Waals surface area (Å²) in [6.45, 7) is 6.87. The molecular weight excluding hydrogens is 324 g/mol. The van der Waals surface area contributed by atoms with Crippen molar-refractivity contribution >= 4 is 0 Å². The zero-order valence-corrected chi connectivity index (χ0v) is 16.1. The molecule has 2 aromatic rings. The Bertz CT molecular complexity index is 831. The van der Waals surface area contributed by atoms with E-state index in [1.165, 1.54) is 24.1 Å². The van der Waals surface area contributed by atoms with Crippen LogP contribution in [0.15, 0.2) is 6.33 Å². The summed E-state index contributed by atoms with van der Waals surface area (Å²) < 4.78 is 2.22. The summed E-state index contributed by atoms with van der Waals surface area (Å²) in [5.41, 5.74) is 3.88. The molecule has 1 aliphatic heterocycles. The van der Waals surface area contributed by atoms with Crippen molar-refractivity contribution in [1.29, 1.82) is 0 Å². The van der Waals surface area contributed by atoms with E-state index in [1.807, 2.05) is 0 Å². The normalized spacial score (nSPS) is 25.4. The van der Waals surface area contributed by atoms with Crippen LogP contribution in [-0.4, -0.2) is 49.8 Å². The largest absolute Gasteiger partial charge is 0.306 e. The first-order valence-electron chi connectivity index (χ1n) is 10.0. The molecule has 3 aliphatic rings. The molecule has 1 unspecified atom stereocenters. The van der Waals surface area contributed by atoms with Crippen LogP contribution < -0.4 is 0 Å². The fourth-order valence-electron chi connectivity index (χ4n) is 4.60. The molecule has 138 valence electrons. The van der Waals surface area contributed by atoms with Crippen molar-refractivity contribution in [1.82, 2.24) is 29.6 Å². The lowest BCUT2D eigenvalue weighted by atomic mass is 10.1. The Hall–Kier alpha value is -1.82. The van der Waals surface area contributed by atoms with Gasteiger partial charge in [0.2, 0.25) is 0 Å². The summed E-state index contributed by atoms with van der Waals surface area (Å²) in [5.74, 6) is 2.50. The average Bonchev–Trinajstić information content (AvgIpc) is 3.02. The van der Waals surface area contributed by atoms with Crippen LogP contribution in [0.2, 0.25) is 0 Å². The molecule has 0 aromatic carbocycles. The number of fused-ring (bicyclic) bond motifs is 1. The predicted molar refractivity (Wildman–Crippen MR) is 100.0 cm³/mol. The van der Waals surface area contributed by atoms with Crippen LogP contribution in [0.1, 0.15) is 68.6 Å². The first kappa shape index (κ1) is 16.4. The van der Waals surface area contributed by atoms with E-state index >= 15 is 0 Å². The zero-order valence-electron chi connectivity index (χ0n) is 16.1. The van der Waals surface area contributed by atoms with Crippen LogP contribution >= 0.6 is 0 Å². The lowest BCUT2D eigenvalue weighted by Crippen LogP contribution is -2.32. The minimum absolute atomic E-state index is 0.337. The summed E-state index contributed by atoms with van der Waals surface area (Å²) >= 11 is 0. The maximum atomic E-state index is 5.06. The summed E-state index contributed by atoms with van der Waals surface area (Å²) in [4.78, 5) is 16.6. The van der Waals surface area contributed by atoms with Crippen LogP contribution in [0.25, 0.3) is 11.5 Å². The van der Waals surface area contributed by atoms with E-state index in [1.54, 1.807) is 6.33 Å². The SMILES string of the molecule is CN1CCC(n2nc(C3CC3(C)C)nc2-c2ncnc3c2CCC3)CC1. The van der Waals surface area contributed by atoms with E-state index in [2.05, 4.69) is 40.4 Å². The Balaban J connectivity index is 1.58. The Morgan fingerprint density at radius 2 is 1.88 bits per heavy atom. The molecule has 1 atom stereocenters. The predicted octanol–water partition coefficient (Wildman–Crippen LogP) is 3.00. The van der Waals surface area contributed by atoms with Crippen molar-refractivity contribution in [2.75, 3.05) is 20.1 Å². The molecule has 0 spiro atoms. The number of nitrogens with zero attached hydrogens (tertiary/aromatic N) is 6. The minimum atomic E-state index is 0.337. The average molecular weight is 352 g/mol. The molecule has 26 heavy (non-hydrogen) atoms. The Labute approximate surface area is 155 Å². The van der Waals surface area contributed by atoms with Crippen LogP contribution in [0.3, 0.4) is 0 Å². The third kappa shape index (κ3) is 2.66. The molecule has 1 saturated heterocycles. The van der Waals surface area contributed by atoms with Gasteiger partial charge in [-0.05, 0) is 64.1 Å². The molecule has 2 aromatic heterocycles. The lowest BCUT2D eigenvalue weighted by Gasteiger charge is -2.29. The van der Waals surface area contributed by atoms with Gasteiger partial charge in [-0.2, -0.15) is 5.10 Å². The summed E-state index contributed by atoms with van der Waals surface area (Å²) in [5, 5.41) is 5.05. The number of piperidine rings is 1. The van der Waals surface area contributed by atoms with Crippen LogP contribution in [0, 0.1) is 5.41 Å². The number of aromatic nitrogens is 5. The van der Waals surface area contributed by atoms with E-state index in [0.29, 0.717) is 17.4 Å². The second-order valence-electron chi connectivity index (χ2n) is 9.02. The van der Waals surface area contributed by atoms with Crippen molar-refractivity contribution < 1.29 is 0 Å².